The smallest absolute Gasteiger partial charge is 0.411 e. The Balaban J connectivity index is 1.77. The molecule has 0 spiro atoms. The van der Waals surface area contributed by atoms with E-state index in [1.807, 2.05) is 6.07 Å². The third-order valence-corrected chi connectivity index (χ3v) is 4.71. The molecule has 2 aromatic heterocycles. The molecule has 0 aliphatic carbocycles. The second-order valence-corrected chi connectivity index (χ2v) is 6.76. The summed E-state index contributed by atoms with van der Waals surface area (Å²) in [5, 5.41) is 27.6. The summed E-state index contributed by atoms with van der Waals surface area (Å²) in [5.41, 5.74) is 0.963. The van der Waals surface area contributed by atoms with Gasteiger partial charge in [0.15, 0.2) is 11.3 Å². The number of rotatable bonds is 5. The molecule has 0 bridgehead atoms. The predicted octanol–water partition coefficient (Wildman–Crippen LogP) is 3.29. The first-order valence-electron chi connectivity index (χ1n) is 9.55. The molecule has 0 unspecified atom stereocenters. The fourth-order valence-electron chi connectivity index (χ4n) is 3.14. The number of anilines is 2. The van der Waals surface area contributed by atoms with Gasteiger partial charge < -0.3 is 19.7 Å². The van der Waals surface area contributed by atoms with Gasteiger partial charge >= 0.3 is 12.1 Å². The molecule has 3 N–H and O–H groups in total. The van der Waals surface area contributed by atoms with Crippen molar-refractivity contribution in [2.45, 2.75) is 0 Å². The van der Waals surface area contributed by atoms with Crippen molar-refractivity contribution in [2.24, 2.45) is 0 Å². The molecule has 2 amide bonds. The number of carboxylic acid groups (broad SMARTS) is 1. The quantitative estimate of drug-likeness (QED) is 0.401. The molecule has 12 heteroatoms. The Morgan fingerprint density at radius 3 is 2.62 bits per heavy atom. The van der Waals surface area contributed by atoms with Crippen molar-refractivity contribution < 1.29 is 28.8 Å². The molecule has 2 heterocycles. The lowest BCUT2D eigenvalue weighted by atomic mass is 10.0. The monoisotopic (exact) mass is 458 g/mol. The zero-order chi connectivity index (χ0) is 24.2. The summed E-state index contributed by atoms with van der Waals surface area (Å²) in [4.78, 5) is 44.6. The summed E-state index contributed by atoms with van der Waals surface area (Å²) in [5.74, 6) is -2.06. The molecule has 4 rings (SSSR count). The van der Waals surface area contributed by atoms with Crippen molar-refractivity contribution in [1.82, 2.24) is 15.1 Å². The maximum Gasteiger partial charge on any atom is 0.411 e. The minimum atomic E-state index is -1.32. The molecule has 0 aliphatic heterocycles. The average Bonchev–Trinajstić information content (AvgIpc) is 3.27. The van der Waals surface area contributed by atoms with E-state index in [0.29, 0.717) is 11.3 Å². The van der Waals surface area contributed by atoms with Crippen LogP contribution in [0, 0.1) is 11.3 Å². The number of methoxy groups -OCH3 is 1. The lowest BCUT2D eigenvalue weighted by molar-refractivity contribution is 0.0698. The Bertz CT molecular complexity index is 1470. The Kier molecular flexibility index (Phi) is 5.83. The summed E-state index contributed by atoms with van der Waals surface area (Å²) < 4.78 is 9.92. The van der Waals surface area contributed by atoms with Crippen LogP contribution in [0.2, 0.25) is 0 Å². The number of carboxylic acids is 1. The molecule has 0 saturated heterocycles. The molecule has 168 valence electrons. The molecule has 4 aromatic rings. The molecule has 0 atom stereocenters. The highest BCUT2D eigenvalue weighted by molar-refractivity contribution is 6.13. The number of fused-ring (bicyclic) bond motifs is 1. The molecule has 34 heavy (non-hydrogen) atoms. The normalized spacial score (nSPS) is 10.4. The number of nitrogens with zero attached hydrogens (tertiary/aromatic N) is 4. The number of nitrogens with one attached hydrogen (secondary N) is 2. The van der Waals surface area contributed by atoms with E-state index in [1.54, 1.807) is 0 Å². The summed E-state index contributed by atoms with van der Waals surface area (Å²) in [6.45, 7) is 0. The highest BCUT2D eigenvalue weighted by atomic mass is 16.5. The van der Waals surface area contributed by atoms with Crippen LogP contribution in [0.25, 0.3) is 22.2 Å². The van der Waals surface area contributed by atoms with Crippen molar-refractivity contribution in [3.63, 3.8) is 0 Å². The van der Waals surface area contributed by atoms with Gasteiger partial charge in [-0.05, 0) is 24.3 Å². The first-order valence-corrected chi connectivity index (χ1v) is 9.55. The van der Waals surface area contributed by atoms with Gasteiger partial charge in [0.05, 0.1) is 53.0 Å². The molecule has 0 radical (unpaired) electrons. The van der Waals surface area contributed by atoms with Gasteiger partial charge in [-0.3, -0.25) is 20.1 Å². The molecular weight excluding hydrogens is 444 g/mol. The fourth-order valence-corrected chi connectivity index (χ4v) is 3.14. The average molecular weight is 458 g/mol. The molecular formula is C22H14N6O6. The number of carbonyl (C=O) groups excluding carboxylic acids is 2. The Morgan fingerprint density at radius 1 is 1.12 bits per heavy atom. The van der Waals surface area contributed by atoms with Crippen LogP contribution < -0.4 is 10.6 Å². The van der Waals surface area contributed by atoms with Crippen LogP contribution in [0.1, 0.15) is 26.4 Å². The summed E-state index contributed by atoms with van der Waals surface area (Å²) in [6, 6.07) is 8.66. The number of ether oxygens (including phenoxy) is 1. The zero-order valence-electron chi connectivity index (χ0n) is 17.4. The topological polar surface area (TPSA) is 180 Å². The van der Waals surface area contributed by atoms with Crippen molar-refractivity contribution in [1.29, 1.82) is 5.26 Å². The Labute approximate surface area is 190 Å². The van der Waals surface area contributed by atoms with Gasteiger partial charge in [-0.25, -0.2) is 9.59 Å². The molecule has 0 fully saturated rings. The second kappa shape index (κ2) is 9.05. The summed E-state index contributed by atoms with van der Waals surface area (Å²) in [7, 11) is 1.21. The number of hydrogen-bond acceptors (Lipinski definition) is 9. The lowest BCUT2D eigenvalue weighted by Gasteiger charge is -2.10. The van der Waals surface area contributed by atoms with Gasteiger partial charge in [-0.15, -0.1) is 0 Å². The van der Waals surface area contributed by atoms with Crippen molar-refractivity contribution >= 4 is 40.3 Å². The SMILES string of the molecule is COC(=O)Nc1cc2onc(C(=O)Nc3ccc(C#N)cc3C(=O)O)c2cc1-c1cnccn1. The molecule has 2 aromatic carbocycles. The zero-order valence-corrected chi connectivity index (χ0v) is 17.4. The van der Waals surface area contributed by atoms with E-state index in [1.165, 1.54) is 50.0 Å². The van der Waals surface area contributed by atoms with E-state index in [-0.39, 0.29) is 39.2 Å². The van der Waals surface area contributed by atoms with Crippen molar-refractivity contribution in [2.75, 3.05) is 17.7 Å². The van der Waals surface area contributed by atoms with Crippen molar-refractivity contribution in [3.8, 4) is 17.3 Å². The highest BCUT2D eigenvalue weighted by Crippen LogP contribution is 2.33. The summed E-state index contributed by atoms with van der Waals surface area (Å²) in [6.07, 6.45) is 3.67. The van der Waals surface area contributed by atoms with Gasteiger partial charge in [-0.2, -0.15) is 5.26 Å². The summed E-state index contributed by atoms with van der Waals surface area (Å²) >= 11 is 0. The van der Waals surface area contributed by atoms with E-state index < -0.39 is 18.0 Å². The van der Waals surface area contributed by atoms with E-state index in [9.17, 15) is 19.5 Å². The number of benzene rings is 2. The van der Waals surface area contributed by atoms with Gasteiger partial charge in [0.2, 0.25) is 0 Å². The molecule has 12 nitrogen and oxygen atoms in total. The lowest BCUT2D eigenvalue weighted by Crippen LogP contribution is -2.16. The largest absolute Gasteiger partial charge is 0.478 e. The maximum atomic E-state index is 13.0. The molecule has 0 aliphatic rings. The van der Waals surface area contributed by atoms with Gasteiger partial charge in [0, 0.05) is 24.0 Å². The van der Waals surface area contributed by atoms with Crippen LogP contribution in [0.15, 0.2) is 53.4 Å². The first kappa shape index (κ1) is 21.9. The fraction of sp³-hybridized carbons (Fsp3) is 0.0455. The Morgan fingerprint density at radius 2 is 1.94 bits per heavy atom. The van der Waals surface area contributed by atoms with E-state index in [4.69, 9.17) is 9.78 Å². The highest BCUT2D eigenvalue weighted by Gasteiger charge is 2.22. The van der Waals surface area contributed by atoms with Crippen LogP contribution in [0.3, 0.4) is 0 Å². The minimum absolute atomic E-state index is 0.0224. The number of hydrogen-bond donors (Lipinski definition) is 3. The number of aromatic carboxylic acids is 1. The number of amides is 2. The number of nitriles is 1. The van der Waals surface area contributed by atoms with E-state index >= 15 is 0 Å². The Hall–Kier alpha value is -5.31. The van der Waals surface area contributed by atoms with Crippen LogP contribution in [-0.4, -0.2) is 45.3 Å². The molecule has 0 saturated carbocycles. The predicted molar refractivity (Wildman–Crippen MR) is 117 cm³/mol. The minimum Gasteiger partial charge on any atom is -0.478 e. The number of carbonyl (C=O) groups is 3. The van der Waals surface area contributed by atoms with Gasteiger partial charge in [-0.1, -0.05) is 5.16 Å². The first-order chi connectivity index (χ1) is 16.4. The van der Waals surface area contributed by atoms with Crippen LogP contribution in [0.5, 0.6) is 0 Å². The van der Waals surface area contributed by atoms with E-state index in [0.717, 1.165) is 6.07 Å². The third-order valence-electron chi connectivity index (χ3n) is 4.71. The van der Waals surface area contributed by atoms with Gasteiger partial charge in [0.25, 0.3) is 5.91 Å². The number of aromatic nitrogens is 3. The maximum absolute atomic E-state index is 13.0. The standard InChI is InChI=1S/C22H14N6O6/c1-33-22(32)27-16-8-18-14(7-12(16)17-10-24-4-5-25-17)19(28-34-18)20(29)26-15-3-2-11(9-23)6-13(15)21(30)31/h2-8,10H,1H3,(H,26,29)(H,27,32)(H,30,31). The van der Waals surface area contributed by atoms with Crippen LogP contribution >= 0.6 is 0 Å². The van der Waals surface area contributed by atoms with Crippen molar-refractivity contribution in [3.05, 3.63) is 65.7 Å². The third kappa shape index (κ3) is 4.21. The van der Waals surface area contributed by atoms with Gasteiger partial charge in [0.1, 0.15) is 0 Å². The van der Waals surface area contributed by atoms with E-state index in [2.05, 4.69) is 30.5 Å². The van der Waals surface area contributed by atoms with Crippen LogP contribution in [-0.2, 0) is 4.74 Å². The van der Waals surface area contributed by atoms with Crippen LogP contribution in [0.4, 0.5) is 16.2 Å². The second-order valence-electron chi connectivity index (χ2n) is 6.76.